The molecule has 3 nitrogen and oxygen atoms in total. The van der Waals surface area contributed by atoms with E-state index in [2.05, 4.69) is 11.8 Å². The van der Waals surface area contributed by atoms with Gasteiger partial charge in [0.05, 0.1) is 18.5 Å². The third kappa shape index (κ3) is 3.87. The van der Waals surface area contributed by atoms with E-state index in [-0.39, 0.29) is 0 Å². The molecule has 5 heteroatoms. The lowest BCUT2D eigenvalue weighted by molar-refractivity contribution is 0.230. The highest BCUT2D eigenvalue weighted by Gasteiger charge is 2.29. The zero-order valence-electron chi connectivity index (χ0n) is 11.7. The summed E-state index contributed by atoms with van der Waals surface area (Å²) in [4.78, 5) is 0. The Balaban J connectivity index is 2.43. The first kappa shape index (κ1) is 15.6. The molecule has 0 bridgehead atoms. The fourth-order valence-electron chi connectivity index (χ4n) is 1.76. The smallest absolute Gasteiger partial charge is 0.305 e. The molecule has 1 aliphatic carbocycles. The molecule has 1 aromatic rings. The molecule has 2 rings (SSSR count). The first-order chi connectivity index (χ1) is 9.59. The molecule has 0 spiro atoms. The molecule has 0 unspecified atom stereocenters. The molecule has 0 saturated heterocycles. The zero-order chi connectivity index (χ0) is 14.6. The van der Waals surface area contributed by atoms with Gasteiger partial charge in [0.2, 0.25) is 0 Å². The average molecular weight is 313 g/mol. The van der Waals surface area contributed by atoms with Crippen molar-refractivity contribution < 1.29 is 13.6 Å². The highest BCUT2D eigenvalue weighted by Crippen LogP contribution is 2.48. The molecule has 0 radical (unpaired) electrons. The third-order valence-corrected chi connectivity index (χ3v) is 5.23. The van der Waals surface area contributed by atoms with Crippen molar-refractivity contribution in [3.05, 3.63) is 28.8 Å². The van der Waals surface area contributed by atoms with Crippen molar-refractivity contribution in [2.75, 3.05) is 13.2 Å². The lowest BCUT2D eigenvalue weighted by atomic mass is 10.2. The maximum Gasteiger partial charge on any atom is 0.362 e. The summed E-state index contributed by atoms with van der Waals surface area (Å²) in [5.41, 5.74) is 0.673. The van der Waals surface area contributed by atoms with Gasteiger partial charge in [-0.05, 0) is 44.9 Å². The van der Waals surface area contributed by atoms with Crippen LogP contribution in [0.1, 0.15) is 32.3 Å². The van der Waals surface area contributed by atoms with Gasteiger partial charge >= 0.3 is 7.60 Å². The molecule has 1 fully saturated rings. The lowest BCUT2D eigenvalue weighted by Crippen LogP contribution is -2.14. The second-order valence-corrected chi connectivity index (χ2v) is 6.97. The van der Waals surface area contributed by atoms with Crippen LogP contribution in [-0.4, -0.2) is 13.2 Å². The highest BCUT2D eigenvalue weighted by molar-refractivity contribution is 7.62. The summed E-state index contributed by atoms with van der Waals surface area (Å²) in [6.45, 7) is 4.18. The number of rotatable bonds is 5. The van der Waals surface area contributed by atoms with Gasteiger partial charge in [-0.25, -0.2) is 0 Å². The molecular formula is C15H18ClO3P. The normalized spacial score (nSPS) is 14.8. The van der Waals surface area contributed by atoms with Crippen LogP contribution in [0.2, 0.25) is 5.02 Å². The minimum atomic E-state index is -3.36. The van der Waals surface area contributed by atoms with Gasteiger partial charge in [0.1, 0.15) is 0 Å². The topological polar surface area (TPSA) is 35.5 Å². The minimum Gasteiger partial charge on any atom is -0.305 e. The van der Waals surface area contributed by atoms with Crippen LogP contribution in [0.3, 0.4) is 0 Å². The standard InChI is InChI=1S/C15H18ClO3P/c1-3-18-20(17,19-4-2)15-11-14(16)10-9-13(15)8-7-12-5-6-12/h9-12H,3-6H2,1-2H3. The van der Waals surface area contributed by atoms with Gasteiger partial charge in [-0.2, -0.15) is 0 Å². The maximum absolute atomic E-state index is 12.9. The van der Waals surface area contributed by atoms with E-state index in [1.807, 2.05) is 0 Å². The Morgan fingerprint density at radius 2 is 1.95 bits per heavy atom. The molecule has 0 atom stereocenters. The van der Waals surface area contributed by atoms with E-state index in [1.165, 1.54) is 0 Å². The summed E-state index contributed by atoms with van der Waals surface area (Å²) in [6.07, 6.45) is 2.29. The summed E-state index contributed by atoms with van der Waals surface area (Å²) in [6, 6.07) is 5.15. The minimum absolute atomic E-state index is 0.305. The summed E-state index contributed by atoms with van der Waals surface area (Å²) in [7, 11) is -3.36. The van der Waals surface area contributed by atoms with Crippen LogP contribution in [0, 0.1) is 17.8 Å². The molecular weight excluding hydrogens is 295 g/mol. The highest BCUT2D eigenvalue weighted by atomic mass is 35.5. The molecule has 20 heavy (non-hydrogen) atoms. The number of hydrogen-bond donors (Lipinski definition) is 0. The summed E-state index contributed by atoms with van der Waals surface area (Å²) >= 11 is 6.02. The van der Waals surface area contributed by atoms with Crippen LogP contribution in [-0.2, 0) is 13.6 Å². The van der Waals surface area contributed by atoms with E-state index < -0.39 is 7.60 Å². The van der Waals surface area contributed by atoms with E-state index >= 15 is 0 Å². The molecule has 0 aliphatic heterocycles. The zero-order valence-corrected chi connectivity index (χ0v) is 13.3. The summed E-state index contributed by atoms with van der Waals surface area (Å²) in [5.74, 6) is 6.72. The Labute approximate surface area is 125 Å². The van der Waals surface area contributed by atoms with Crippen molar-refractivity contribution in [1.29, 1.82) is 0 Å². The van der Waals surface area contributed by atoms with Gasteiger partial charge in [-0.15, -0.1) is 0 Å². The SMILES string of the molecule is CCOP(=O)(OCC)c1cc(Cl)ccc1C#CC1CC1. The monoisotopic (exact) mass is 312 g/mol. The van der Waals surface area contributed by atoms with Gasteiger partial charge in [0.15, 0.2) is 0 Å². The van der Waals surface area contributed by atoms with E-state index in [0.29, 0.717) is 35.0 Å². The van der Waals surface area contributed by atoms with E-state index in [1.54, 1.807) is 32.0 Å². The fourth-order valence-corrected chi connectivity index (χ4v) is 3.76. The fraction of sp³-hybridized carbons (Fsp3) is 0.467. The van der Waals surface area contributed by atoms with Gasteiger partial charge in [0.25, 0.3) is 0 Å². The number of benzene rings is 1. The van der Waals surface area contributed by atoms with E-state index in [9.17, 15) is 4.57 Å². The molecule has 108 valence electrons. The number of hydrogen-bond acceptors (Lipinski definition) is 3. The van der Waals surface area contributed by atoms with Gasteiger partial charge in [0, 0.05) is 16.5 Å². The molecule has 0 heterocycles. The second-order valence-electron chi connectivity index (χ2n) is 4.54. The summed E-state index contributed by atoms with van der Waals surface area (Å²) in [5, 5.41) is 0.957. The predicted molar refractivity (Wildman–Crippen MR) is 81.5 cm³/mol. The number of halogens is 1. The first-order valence-corrected chi connectivity index (χ1v) is 8.72. The van der Waals surface area contributed by atoms with Crippen LogP contribution in [0.25, 0.3) is 0 Å². The molecule has 0 N–H and O–H groups in total. The first-order valence-electron chi connectivity index (χ1n) is 6.80. The van der Waals surface area contributed by atoms with Crippen LogP contribution < -0.4 is 5.30 Å². The van der Waals surface area contributed by atoms with Gasteiger partial charge < -0.3 is 9.05 Å². The molecule has 1 aromatic carbocycles. The quantitative estimate of drug-likeness (QED) is 0.609. The van der Waals surface area contributed by atoms with E-state index in [0.717, 1.165) is 12.8 Å². The van der Waals surface area contributed by atoms with E-state index in [4.69, 9.17) is 20.6 Å². The Hall–Kier alpha value is -0.780. The largest absolute Gasteiger partial charge is 0.362 e. The maximum atomic E-state index is 12.9. The molecule has 0 aromatic heterocycles. The second kappa shape index (κ2) is 6.78. The Morgan fingerprint density at radius 1 is 1.30 bits per heavy atom. The Kier molecular flexibility index (Phi) is 5.29. The molecule has 1 aliphatic rings. The lowest BCUT2D eigenvalue weighted by Gasteiger charge is -2.18. The molecule has 0 amide bonds. The Bertz CT molecular complexity index is 575. The Morgan fingerprint density at radius 3 is 2.50 bits per heavy atom. The van der Waals surface area contributed by atoms with Crippen LogP contribution in [0.15, 0.2) is 18.2 Å². The van der Waals surface area contributed by atoms with Crippen molar-refractivity contribution >= 4 is 24.5 Å². The predicted octanol–water partition coefficient (Wildman–Crippen LogP) is 3.99. The van der Waals surface area contributed by atoms with Gasteiger partial charge in [-0.1, -0.05) is 23.4 Å². The van der Waals surface area contributed by atoms with Crippen LogP contribution in [0.4, 0.5) is 0 Å². The van der Waals surface area contributed by atoms with Crippen LogP contribution >= 0.6 is 19.2 Å². The van der Waals surface area contributed by atoms with Crippen molar-refractivity contribution in [3.63, 3.8) is 0 Å². The van der Waals surface area contributed by atoms with Crippen molar-refractivity contribution in [1.82, 2.24) is 0 Å². The van der Waals surface area contributed by atoms with Crippen molar-refractivity contribution in [3.8, 4) is 11.8 Å². The third-order valence-electron chi connectivity index (χ3n) is 2.84. The van der Waals surface area contributed by atoms with Gasteiger partial charge in [-0.3, -0.25) is 4.57 Å². The van der Waals surface area contributed by atoms with Crippen molar-refractivity contribution in [2.24, 2.45) is 5.92 Å². The van der Waals surface area contributed by atoms with Crippen molar-refractivity contribution in [2.45, 2.75) is 26.7 Å². The molecule has 1 saturated carbocycles. The average Bonchev–Trinajstić information content (AvgIpc) is 3.22. The van der Waals surface area contributed by atoms with Crippen LogP contribution in [0.5, 0.6) is 0 Å². The summed E-state index contributed by atoms with van der Waals surface area (Å²) < 4.78 is 23.6.